The van der Waals surface area contributed by atoms with Crippen molar-refractivity contribution in [3.8, 4) is 11.5 Å². The highest BCUT2D eigenvalue weighted by Gasteiger charge is 2.08. The molecule has 0 atom stereocenters. The standard InChI is InChI=1S/C18H19NO5S/c1-23-17-6-4-5-14(18(17)24-2)9-12-16(20)13-7-10-15(11-8-13)19-25(3,21)22/h4-12,19H,1-3H3. The van der Waals surface area contributed by atoms with E-state index in [-0.39, 0.29) is 5.78 Å². The molecule has 0 aliphatic carbocycles. The molecule has 0 aliphatic rings. The molecular weight excluding hydrogens is 342 g/mol. The molecule has 7 heteroatoms. The summed E-state index contributed by atoms with van der Waals surface area (Å²) in [6.07, 6.45) is 4.14. The largest absolute Gasteiger partial charge is 0.493 e. The Balaban J connectivity index is 2.18. The van der Waals surface area contributed by atoms with E-state index in [4.69, 9.17) is 9.47 Å². The van der Waals surface area contributed by atoms with Gasteiger partial charge in [0, 0.05) is 16.8 Å². The van der Waals surface area contributed by atoms with Crippen LogP contribution in [0.5, 0.6) is 11.5 Å². The second kappa shape index (κ2) is 7.85. The van der Waals surface area contributed by atoms with Crippen molar-refractivity contribution in [2.45, 2.75) is 0 Å². The molecule has 0 amide bonds. The van der Waals surface area contributed by atoms with Crippen LogP contribution in [0, 0.1) is 0 Å². The number of anilines is 1. The number of methoxy groups -OCH3 is 2. The lowest BCUT2D eigenvalue weighted by molar-refractivity contribution is 0.104. The zero-order valence-corrected chi connectivity index (χ0v) is 15.0. The molecule has 0 unspecified atom stereocenters. The van der Waals surface area contributed by atoms with Crippen LogP contribution in [-0.4, -0.2) is 34.7 Å². The molecule has 0 fully saturated rings. The number of rotatable bonds is 7. The summed E-state index contributed by atoms with van der Waals surface area (Å²) in [6.45, 7) is 0. The number of carbonyl (C=O) groups excluding carboxylic acids is 1. The van der Waals surface area contributed by atoms with E-state index < -0.39 is 10.0 Å². The Hall–Kier alpha value is -2.80. The molecule has 2 rings (SSSR count). The summed E-state index contributed by atoms with van der Waals surface area (Å²) in [7, 11) is -0.269. The topological polar surface area (TPSA) is 81.7 Å². The third-order valence-corrected chi connectivity index (χ3v) is 3.93. The minimum atomic E-state index is -3.35. The van der Waals surface area contributed by atoms with E-state index in [1.54, 1.807) is 37.5 Å². The van der Waals surface area contributed by atoms with Gasteiger partial charge in [0.05, 0.1) is 20.5 Å². The minimum absolute atomic E-state index is 0.212. The van der Waals surface area contributed by atoms with Crippen molar-refractivity contribution in [1.82, 2.24) is 0 Å². The van der Waals surface area contributed by atoms with Crippen LogP contribution in [0.4, 0.5) is 5.69 Å². The Bertz CT molecular complexity index is 886. The number of para-hydroxylation sites is 1. The van der Waals surface area contributed by atoms with E-state index in [0.717, 1.165) is 6.26 Å². The Kier molecular flexibility index (Phi) is 5.82. The lowest BCUT2D eigenvalue weighted by atomic mass is 10.1. The number of benzene rings is 2. The van der Waals surface area contributed by atoms with Gasteiger partial charge in [-0.2, -0.15) is 0 Å². The fourth-order valence-corrected chi connectivity index (χ4v) is 2.79. The van der Waals surface area contributed by atoms with Crippen molar-refractivity contribution in [1.29, 1.82) is 0 Å². The molecule has 1 N–H and O–H groups in total. The van der Waals surface area contributed by atoms with Crippen LogP contribution in [0.1, 0.15) is 15.9 Å². The fourth-order valence-electron chi connectivity index (χ4n) is 2.22. The maximum absolute atomic E-state index is 12.3. The zero-order valence-electron chi connectivity index (χ0n) is 14.1. The van der Waals surface area contributed by atoms with Gasteiger partial charge in [-0.15, -0.1) is 0 Å². The Morgan fingerprint density at radius 2 is 1.72 bits per heavy atom. The Morgan fingerprint density at radius 3 is 2.28 bits per heavy atom. The van der Waals surface area contributed by atoms with Crippen molar-refractivity contribution in [2.24, 2.45) is 0 Å². The molecule has 0 spiro atoms. The van der Waals surface area contributed by atoms with Gasteiger partial charge in [-0.25, -0.2) is 8.42 Å². The van der Waals surface area contributed by atoms with Crippen molar-refractivity contribution in [3.05, 3.63) is 59.7 Å². The molecule has 0 saturated heterocycles. The van der Waals surface area contributed by atoms with Gasteiger partial charge in [0.25, 0.3) is 0 Å². The first kappa shape index (κ1) is 18.5. The third-order valence-electron chi connectivity index (χ3n) is 3.32. The molecule has 0 heterocycles. The number of allylic oxidation sites excluding steroid dienone is 1. The molecular formula is C18H19NO5S. The van der Waals surface area contributed by atoms with E-state index in [2.05, 4.69) is 4.72 Å². The van der Waals surface area contributed by atoms with Crippen molar-refractivity contribution >= 4 is 27.6 Å². The molecule has 0 saturated carbocycles. The van der Waals surface area contributed by atoms with E-state index in [0.29, 0.717) is 28.3 Å². The summed E-state index contributed by atoms with van der Waals surface area (Å²) in [5.74, 6) is 0.908. The first-order chi connectivity index (χ1) is 11.8. The molecule has 0 aromatic heterocycles. The van der Waals surface area contributed by atoms with Crippen LogP contribution in [0.2, 0.25) is 0 Å². The van der Waals surface area contributed by atoms with Gasteiger partial charge >= 0.3 is 0 Å². The van der Waals surface area contributed by atoms with Gasteiger partial charge in [-0.05, 0) is 42.5 Å². The molecule has 6 nitrogen and oxygen atoms in total. The summed E-state index contributed by atoms with van der Waals surface area (Å²) in [4.78, 5) is 12.3. The molecule has 2 aromatic rings. The number of hydrogen-bond acceptors (Lipinski definition) is 5. The number of ether oxygens (including phenoxy) is 2. The predicted molar refractivity (Wildman–Crippen MR) is 97.8 cm³/mol. The van der Waals surface area contributed by atoms with Crippen LogP contribution in [0.3, 0.4) is 0 Å². The van der Waals surface area contributed by atoms with Crippen LogP contribution in [0.15, 0.2) is 48.5 Å². The monoisotopic (exact) mass is 361 g/mol. The summed E-state index contributed by atoms with van der Waals surface area (Å²) in [5, 5.41) is 0. The maximum Gasteiger partial charge on any atom is 0.229 e. The van der Waals surface area contributed by atoms with Crippen LogP contribution < -0.4 is 14.2 Å². The van der Waals surface area contributed by atoms with Gasteiger partial charge in [0.1, 0.15) is 0 Å². The molecule has 132 valence electrons. The first-order valence-corrected chi connectivity index (χ1v) is 9.24. The number of nitrogens with one attached hydrogen (secondary N) is 1. The average Bonchev–Trinajstić information content (AvgIpc) is 2.58. The van der Waals surface area contributed by atoms with E-state index >= 15 is 0 Å². The number of ketones is 1. The number of sulfonamides is 1. The molecule has 0 aliphatic heterocycles. The van der Waals surface area contributed by atoms with Gasteiger partial charge in [-0.1, -0.05) is 12.1 Å². The predicted octanol–water partition coefficient (Wildman–Crippen LogP) is 2.97. The highest BCUT2D eigenvalue weighted by Crippen LogP contribution is 2.31. The second-order valence-corrected chi connectivity index (χ2v) is 6.98. The lowest BCUT2D eigenvalue weighted by Gasteiger charge is -2.09. The highest BCUT2D eigenvalue weighted by molar-refractivity contribution is 7.92. The average molecular weight is 361 g/mol. The van der Waals surface area contributed by atoms with Gasteiger partial charge in [-0.3, -0.25) is 9.52 Å². The van der Waals surface area contributed by atoms with Crippen molar-refractivity contribution in [2.75, 3.05) is 25.2 Å². The SMILES string of the molecule is COc1cccc(C=CC(=O)c2ccc(NS(C)(=O)=O)cc2)c1OC. The minimum Gasteiger partial charge on any atom is -0.493 e. The fraction of sp³-hybridized carbons (Fsp3) is 0.167. The third kappa shape index (κ3) is 5.09. The van der Waals surface area contributed by atoms with E-state index in [1.165, 1.54) is 25.3 Å². The van der Waals surface area contributed by atoms with Gasteiger partial charge in [0.15, 0.2) is 17.3 Å². The second-order valence-electron chi connectivity index (χ2n) is 5.23. The van der Waals surface area contributed by atoms with Crippen molar-refractivity contribution < 1.29 is 22.7 Å². The Labute approximate surface area is 147 Å². The number of hydrogen-bond donors (Lipinski definition) is 1. The zero-order chi connectivity index (χ0) is 18.4. The maximum atomic E-state index is 12.3. The summed E-state index contributed by atoms with van der Waals surface area (Å²) in [5.41, 5.74) is 1.56. The number of carbonyl (C=O) groups is 1. The van der Waals surface area contributed by atoms with E-state index in [1.807, 2.05) is 6.07 Å². The van der Waals surface area contributed by atoms with E-state index in [9.17, 15) is 13.2 Å². The quantitative estimate of drug-likeness (QED) is 0.606. The Morgan fingerprint density at radius 1 is 1.04 bits per heavy atom. The molecule has 2 aromatic carbocycles. The normalized spacial score (nSPS) is 11.3. The van der Waals surface area contributed by atoms with Crippen molar-refractivity contribution in [3.63, 3.8) is 0 Å². The van der Waals surface area contributed by atoms with Crippen LogP contribution in [-0.2, 0) is 10.0 Å². The lowest BCUT2D eigenvalue weighted by Crippen LogP contribution is -2.09. The highest BCUT2D eigenvalue weighted by atomic mass is 32.2. The van der Waals surface area contributed by atoms with Crippen LogP contribution >= 0.6 is 0 Å². The first-order valence-electron chi connectivity index (χ1n) is 7.35. The van der Waals surface area contributed by atoms with Crippen LogP contribution in [0.25, 0.3) is 6.08 Å². The summed E-state index contributed by atoms with van der Waals surface area (Å²) >= 11 is 0. The molecule has 25 heavy (non-hydrogen) atoms. The summed E-state index contributed by atoms with van der Waals surface area (Å²) in [6, 6.07) is 11.6. The smallest absolute Gasteiger partial charge is 0.229 e. The molecule has 0 radical (unpaired) electrons. The van der Waals surface area contributed by atoms with Gasteiger partial charge in [0.2, 0.25) is 10.0 Å². The summed E-state index contributed by atoms with van der Waals surface area (Å²) < 4.78 is 35.2. The van der Waals surface area contributed by atoms with Gasteiger partial charge < -0.3 is 9.47 Å². The molecule has 0 bridgehead atoms.